The second-order valence-corrected chi connectivity index (χ2v) is 5.08. The molecule has 1 aromatic heterocycles. The van der Waals surface area contributed by atoms with E-state index in [-0.39, 0.29) is 17.4 Å². The molecule has 0 aliphatic heterocycles. The molecule has 1 aliphatic carbocycles. The van der Waals surface area contributed by atoms with Gasteiger partial charge in [-0.15, -0.1) is 0 Å². The first-order valence-corrected chi connectivity index (χ1v) is 6.88. The largest absolute Gasteiger partial charge is 0.433 e. The first-order valence-electron chi connectivity index (χ1n) is 6.88. The van der Waals surface area contributed by atoms with Gasteiger partial charge in [0.05, 0.1) is 5.60 Å². The summed E-state index contributed by atoms with van der Waals surface area (Å²) in [6.07, 6.45) is -1.64. The molecule has 0 saturated heterocycles. The van der Waals surface area contributed by atoms with Crippen molar-refractivity contribution in [3.05, 3.63) is 11.8 Å². The summed E-state index contributed by atoms with van der Waals surface area (Å²) in [5, 5.41) is 5.64. The van der Waals surface area contributed by atoms with Gasteiger partial charge in [0, 0.05) is 26.3 Å². The van der Waals surface area contributed by atoms with Gasteiger partial charge in [-0.1, -0.05) is 0 Å². The van der Waals surface area contributed by atoms with E-state index in [9.17, 15) is 13.2 Å². The number of alkyl halides is 3. The summed E-state index contributed by atoms with van der Waals surface area (Å²) in [4.78, 5) is 7.52. The highest BCUT2D eigenvalue weighted by Gasteiger charge is 2.37. The van der Waals surface area contributed by atoms with Gasteiger partial charge in [0.25, 0.3) is 0 Å². The average Bonchev–Trinajstić information content (AvgIpc) is 2.37. The van der Waals surface area contributed by atoms with Crippen LogP contribution in [-0.4, -0.2) is 35.8 Å². The van der Waals surface area contributed by atoms with Crippen LogP contribution in [0.25, 0.3) is 0 Å². The van der Waals surface area contributed by atoms with Gasteiger partial charge in [0.1, 0.15) is 5.82 Å². The van der Waals surface area contributed by atoms with Crippen molar-refractivity contribution >= 4 is 11.8 Å². The summed E-state index contributed by atoms with van der Waals surface area (Å²) in [6.45, 7) is 2.65. The molecule has 0 radical (unpaired) electrons. The second kappa shape index (κ2) is 6.05. The van der Waals surface area contributed by atoms with Crippen LogP contribution in [0.1, 0.15) is 31.9 Å². The lowest BCUT2D eigenvalue weighted by Crippen LogP contribution is -2.45. The van der Waals surface area contributed by atoms with Crippen molar-refractivity contribution in [2.24, 2.45) is 0 Å². The third-order valence-electron chi connectivity index (χ3n) is 3.64. The number of nitrogens with zero attached hydrogens (tertiary/aromatic N) is 2. The van der Waals surface area contributed by atoms with Crippen LogP contribution in [0.15, 0.2) is 6.07 Å². The molecular formula is C13H19F3N4O. The zero-order chi connectivity index (χ0) is 15.5. The third kappa shape index (κ3) is 3.75. The van der Waals surface area contributed by atoms with E-state index in [0.29, 0.717) is 13.1 Å². The SMILES string of the molecule is CCNc1nc(NCC2(OC)CCC2)cc(C(F)(F)F)n1. The van der Waals surface area contributed by atoms with Crippen LogP contribution in [-0.2, 0) is 10.9 Å². The number of ether oxygens (including phenoxy) is 1. The quantitative estimate of drug-likeness (QED) is 0.846. The van der Waals surface area contributed by atoms with Crippen LogP contribution in [0.5, 0.6) is 0 Å². The van der Waals surface area contributed by atoms with Gasteiger partial charge in [-0.25, -0.2) is 4.98 Å². The Morgan fingerprint density at radius 3 is 2.48 bits per heavy atom. The zero-order valence-corrected chi connectivity index (χ0v) is 12.0. The van der Waals surface area contributed by atoms with Crippen LogP contribution < -0.4 is 10.6 Å². The fraction of sp³-hybridized carbons (Fsp3) is 0.692. The van der Waals surface area contributed by atoms with Crippen molar-refractivity contribution in [2.45, 2.75) is 38.0 Å². The summed E-state index contributed by atoms with van der Waals surface area (Å²) in [5.41, 5.74) is -1.25. The highest BCUT2D eigenvalue weighted by atomic mass is 19.4. The first kappa shape index (κ1) is 15.8. The number of halogens is 3. The lowest BCUT2D eigenvalue weighted by Gasteiger charge is -2.40. The maximum atomic E-state index is 12.8. The van der Waals surface area contributed by atoms with E-state index in [4.69, 9.17) is 4.74 Å². The van der Waals surface area contributed by atoms with E-state index in [0.717, 1.165) is 25.3 Å². The zero-order valence-electron chi connectivity index (χ0n) is 12.0. The smallest absolute Gasteiger partial charge is 0.376 e. The minimum Gasteiger partial charge on any atom is -0.376 e. The Morgan fingerprint density at radius 1 is 1.29 bits per heavy atom. The van der Waals surface area contributed by atoms with Gasteiger partial charge in [-0.05, 0) is 26.2 Å². The van der Waals surface area contributed by atoms with E-state index in [1.54, 1.807) is 14.0 Å². The predicted molar refractivity (Wildman–Crippen MR) is 73.3 cm³/mol. The Kier molecular flexibility index (Phi) is 4.55. The number of anilines is 2. The number of rotatable bonds is 6. The maximum absolute atomic E-state index is 12.8. The molecule has 0 bridgehead atoms. The minimum atomic E-state index is -4.50. The first-order chi connectivity index (χ1) is 9.88. The summed E-state index contributed by atoms with van der Waals surface area (Å²) in [6, 6.07) is 0.920. The molecule has 0 atom stereocenters. The van der Waals surface area contributed by atoms with E-state index in [1.807, 2.05) is 0 Å². The number of aromatic nitrogens is 2. The van der Waals surface area contributed by atoms with Crippen molar-refractivity contribution in [3.63, 3.8) is 0 Å². The maximum Gasteiger partial charge on any atom is 0.433 e. The van der Waals surface area contributed by atoms with Crippen molar-refractivity contribution in [2.75, 3.05) is 30.8 Å². The van der Waals surface area contributed by atoms with Crippen LogP contribution in [0.3, 0.4) is 0 Å². The molecule has 21 heavy (non-hydrogen) atoms. The average molecular weight is 304 g/mol. The van der Waals surface area contributed by atoms with E-state index >= 15 is 0 Å². The molecule has 1 heterocycles. The van der Waals surface area contributed by atoms with E-state index in [1.165, 1.54) is 0 Å². The molecule has 2 rings (SSSR count). The van der Waals surface area contributed by atoms with Gasteiger partial charge < -0.3 is 15.4 Å². The lowest BCUT2D eigenvalue weighted by atomic mass is 9.80. The number of nitrogens with one attached hydrogen (secondary N) is 2. The van der Waals surface area contributed by atoms with Gasteiger partial charge in [-0.3, -0.25) is 0 Å². The third-order valence-corrected chi connectivity index (χ3v) is 3.64. The Hall–Kier alpha value is -1.57. The van der Waals surface area contributed by atoms with Gasteiger partial charge in [0.15, 0.2) is 5.69 Å². The topological polar surface area (TPSA) is 59.1 Å². The van der Waals surface area contributed by atoms with Crippen molar-refractivity contribution in [1.29, 1.82) is 0 Å². The van der Waals surface area contributed by atoms with Gasteiger partial charge in [-0.2, -0.15) is 18.2 Å². The van der Waals surface area contributed by atoms with Gasteiger partial charge in [0.2, 0.25) is 5.95 Å². The van der Waals surface area contributed by atoms with Crippen LogP contribution >= 0.6 is 0 Å². The molecule has 0 spiro atoms. The molecule has 0 unspecified atom stereocenters. The van der Waals surface area contributed by atoms with Gasteiger partial charge >= 0.3 is 6.18 Å². The van der Waals surface area contributed by atoms with Crippen LogP contribution in [0, 0.1) is 0 Å². The van der Waals surface area contributed by atoms with Crippen LogP contribution in [0.2, 0.25) is 0 Å². The Morgan fingerprint density at radius 2 is 2.00 bits per heavy atom. The summed E-state index contributed by atoms with van der Waals surface area (Å²) in [7, 11) is 1.62. The molecule has 0 amide bonds. The van der Waals surface area contributed by atoms with E-state index < -0.39 is 11.9 Å². The molecule has 8 heteroatoms. The summed E-state index contributed by atoms with van der Waals surface area (Å²) >= 11 is 0. The molecule has 118 valence electrons. The fourth-order valence-corrected chi connectivity index (χ4v) is 2.20. The summed E-state index contributed by atoms with van der Waals surface area (Å²) < 4.78 is 43.9. The van der Waals surface area contributed by atoms with Crippen molar-refractivity contribution in [1.82, 2.24) is 9.97 Å². The number of hydrogen-bond donors (Lipinski definition) is 2. The van der Waals surface area contributed by atoms with E-state index in [2.05, 4.69) is 20.6 Å². The normalized spacial score (nSPS) is 17.2. The molecule has 1 fully saturated rings. The molecule has 2 N–H and O–H groups in total. The van der Waals surface area contributed by atoms with Crippen molar-refractivity contribution < 1.29 is 17.9 Å². The van der Waals surface area contributed by atoms with Crippen LogP contribution in [0.4, 0.5) is 24.9 Å². The second-order valence-electron chi connectivity index (χ2n) is 5.08. The molecule has 1 aliphatic rings. The highest BCUT2D eigenvalue weighted by molar-refractivity contribution is 5.43. The Bertz CT molecular complexity index is 483. The van der Waals surface area contributed by atoms with Crippen molar-refractivity contribution in [3.8, 4) is 0 Å². The number of hydrogen-bond acceptors (Lipinski definition) is 5. The molecular weight excluding hydrogens is 285 g/mol. The summed E-state index contributed by atoms with van der Waals surface area (Å²) in [5.74, 6) is 0.117. The highest BCUT2D eigenvalue weighted by Crippen LogP contribution is 2.35. The minimum absolute atomic E-state index is 0.0325. The number of methoxy groups -OCH3 is 1. The molecule has 0 aromatic carbocycles. The monoisotopic (exact) mass is 304 g/mol. The predicted octanol–water partition coefficient (Wildman–Crippen LogP) is 2.91. The molecule has 1 aromatic rings. The fourth-order valence-electron chi connectivity index (χ4n) is 2.20. The Balaban J connectivity index is 2.15. The molecule has 5 nitrogen and oxygen atoms in total. The molecule has 1 saturated carbocycles. The standard InChI is InChI=1S/C13H19F3N4O/c1-3-17-11-19-9(13(14,15)16)7-10(20-11)18-8-12(21-2)5-4-6-12/h7H,3-6,8H2,1-2H3,(H2,17,18,19,20). The lowest BCUT2D eigenvalue weighted by molar-refractivity contribution is -0.141. The Labute approximate surface area is 121 Å².